The minimum atomic E-state index is 0.0986. The summed E-state index contributed by atoms with van der Waals surface area (Å²) in [4.78, 5) is 10.1. The summed E-state index contributed by atoms with van der Waals surface area (Å²) in [5.41, 5.74) is 0.616. The van der Waals surface area contributed by atoms with Gasteiger partial charge in [-0.25, -0.2) is 0 Å². The van der Waals surface area contributed by atoms with E-state index < -0.39 is 0 Å². The first-order chi connectivity index (χ1) is 5.77. The third-order valence-electron chi connectivity index (χ3n) is 1.60. The molecule has 1 aromatic carbocycles. The van der Waals surface area contributed by atoms with Gasteiger partial charge in [-0.3, -0.25) is 0 Å². The second-order valence-corrected chi connectivity index (χ2v) is 2.37. The van der Waals surface area contributed by atoms with Crippen LogP contribution in [0.5, 0.6) is 11.5 Å². The minimum absolute atomic E-state index is 0.0986. The van der Waals surface area contributed by atoms with Gasteiger partial charge in [-0.15, -0.1) is 0 Å². The van der Waals surface area contributed by atoms with Crippen LogP contribution >= 0.6 is 0 Å². The molecule has 0 unspecified atom stereocenters. The van der Waals surface area contributed by atoms with Crippen molar-refractivity contribution in [3.63, 3.8) is 0 Å². The molecule has 0 aromatic heterocycles. The van der Waals surface area contributed by atoms with Crippen LogP contribution in [0.3, 0.4) is 0 Å². The van der Waals surface area contributed by atoms with E-state index >= 15 is 0 Å². The van der Waals surface area contributed by atoms with E-state index in [2.05, 4.69) is 0 Å². The predicted molar refractivity (Wildman–Crippen MR) is 44.4 cm³/mol. The van der Waals surface area contributed by atoms with Gasteiger partial charge in [0.2, 0.25) is 0 Å². The quantitative estimate of drug-likeness (QED) is 0.685. The zero-order chi connectivity index (χ0) is 8.97. The van der Waals surface area contributed by atoms with E-state index in [0.29, 0.717) is 11.3 Å². The molecule has 0 amide bonds. The number of carbonyl (C=O) groups excluding carboxylic acids is 1. The van der Waals surface area contributed by atoms with Crippen molar-refractivity contribution in [1.82, 2.24) is 0 Å². The number of carbonyl (C=O) groups is 1. The summed E-state index contributed by atoms with van der Waals surface area (Å²) >= 11 is 0. The summed E-state index contributed by atoms with van der Waals surface area (Å²) in [6.45, 7) is 0. The van der Waals surface area contributed by atoms with Crippen LogP contribution in [0.1, 0.15) is 5.56 Å². The fourth-order valence-corrected chi connectivity index (χ4v) is 0.933. The van der Waals surface area contributed by atoms with Crippen molar-refractivity contribution in [1.29, 1.82) is 0 Å². The molecule has 64 valence electrons. The molecule has 0 aliphatic rings. The highest BCUT2D eigenvalue weighted by Crippen LogP contribution is 2.22. The van der Waals surface area contributed by atoms with E-state index in [1.54, 1.807) is 12.1 Å². The third kappa shape index (κ3) is 1.75. The van der Waals surface area contributed by atoms with Crippen molar-refractivity contribution >= 4 is 6.29 Å². The van der Waals surface area contributed by atoms with Crippen LogP contribution in [-0.4, -0.2) is 18.5 Å². The van der Waals surface area contributed by atoms with Gasteiger partial charge in [0.25, 0.3) is 0 Å². The van der Waals surface area contributed by atoms with Crippen molar-refractivity contribution in [2.24, 2.45) is 0 Å². The Kier molecular flexibility index (Phi) is 2.69. The SMILES string of the molecule is COc1ccc(CC=O)c(O)c1. The minimum Gasteiger partial charge on any atom is -0.508 e. The molecule has 0 heterocycles. The first-order valence-electron chi connectivity index (χ1n) is 3.57. The van der Waals surface area contributed by atoms with Gasteiger partial charge in [0.05, 0.1) is 7.11 Å². The lowest BCUT2D eigenvalue weighted by atomic mass is 10.1. The molecule has 0 aliphatic heterocycles. The molecular formula is C9H10O3. The molecule has 3 nitrogen and oxygen atoms in total. The highest BCUT2D eigenvalue weighted by molar-refractivity contribution is 5.58. The average molecular weight is 166 g/mol. The molecule has 0 fully saturated rings. The van der Waals surface area contributed by atoms with Gasteiger partial charge in [-0.1, -0.05) is 6.07 Å². The largest absolute Gasteiger partial charge is 0.508 e. The van der Waals surface area contributed by atoms with Gasteiger partial charge in [-0.2, -0.15) is 0 Å². The van der Waals surface area contributed by atoms with Crippen LogP contribution in [0.4, 0.5) is 0 Å². The van der Waals surface area contributed by atoms with Crippen molar-refractivity contribution in [2.75, 3.05) is 7.11 Å². The van der Waals surface area contributed by atoms with Gasteiger partial charge >= 0.3 is 0 Å². The summed E-state index contributed by atoms with van der Waals surface area (Å²) < 4.78 is 4.88. The molecule has 0 saturated carbocycles. The number of aromatic hydroxyl groups is 1. The van der Waals surface area contributed by atoms with Crippen molar-refractivity contribution in [2.45, 2.75) is 6.42 Å². The molecule has 12 heavy (non-hydrogen) atoms. The lowest BCUT2D eigenvalue weighted by molar-refractivity contribution is -0.107. The molecule has 1 rings (SSSR count). The van der Waals surface area contributed by atoms with E-state index in [1.165, 1.54) is 13.2 Å². The van der Waals surface area contributed by atoms with E-state index in [-0.39, 0.29) is 12.2 Å². The number of hydrogen-bond donors (Lipinski definition) is 1. The van der Waals surface area contributed by atoms with Crippen LogP contribution < -0.4 is 4.74 Å². The number of hydrogen-bond acceptors (Lipinski definition) is 3. The zero-order valence-corrected chi connectivity index (χ0v) is 6.78. The highest BCUT2D eigenvalue weighted by atomic mass is 16.5. The lowest BCUT2D eigenvalue weighted by Gasteiger charge is -2.03. The number of methoxy groups -OCH3 is 1. The van der Waals surface area contributed by atoms with Crippen LogP contribution in [0.25, 0.3) is 0 Å². The van der Waals surface area contributed by atoms with Gasteiger partial charge in [0, 0.05) is 18.1 Å². The standard InChI is InChI=1S/C9H10O3/c1-12-8-3-2-7(4-5-10)9(11)6-8/h2-3,5-6,11H,4H2,1H3. The molecule has 0 aliphatic carbocycles. The van der Waals surface area contributed by atoms with Crippen LogP contribution in [-0.2, 0) is 11.2 Å². The maximum Gasteiger partial charge on any atom is 0.124 e. The summed E-state index contributed by atoms with van der Waals surface area (Å²) in [6, 6.07) is 4.86. The molecule has 0 spiro atoms. The number of ether oxygens (including phenoxy) is 1. The second-order valence-electron chi connectivity index (χ2n) is 2.37. The number of rotatable bonds is 3. The van der Waals surface area contributed by atoms with E-state index in [1.807, 2.05) is 0 Å². The predicted octanol–water partition coefficient (Wildman–Crippen LogP) is 1.14. The Labute approximate surface area is 70.6 Å². The van der Waals surface area contributed by atoms with Gasteiger partial charge in [0.1, 0.15) is 17.8 Å². The number of phenols is 1. The smallest absolute Gasteiger partial charge is 0.124 e. The fraction of sp³-hybridized carbons (Fsp3) is 0.222. The lowest BCUT2D eigenvalue weighted by Crippen LogP contribution is -1.88. The second kappa shape index (κ2) is 3.76. The Morgan fingerprint density at radius 2 is 2.33 bits per heavy atom. The Balaban J connectivity index is 2.94. The van der Waals surface area contributed by atoms with Crippen molar-refractivity contribution < 1.29 is 14.6 Å². The van der Waals surface area contributed by atoms with E-state index in [9.17, 15) is 9.90 Å². The third-order valence-corrected chi connectivity index (χ3v) is 1.60. The number of benzene rings is 1. The Morgan fingerprint density at radius 3 is 2.83 bits per heavy atom. The van der Waals surface area contributed by atoms with Crippen molar-refractivity contribution in [3.05, 3.63) is 23.8 Å². The van der Waals surface area contributed by atoms with E-state index in [4.69, 9.17) is 4.74 Å². The van der Waals surface area contributed by atoms with Gasteiger partial charge < -0.3 is 14.6 Å². The van der Waals surface area contributed by atoms with E-state index in [0.717, 1.165) is 6.29 Å². The number of phenolic OH excluding ortho intramolecular Hbond substituents is 1. The topological polar surface area (TPSA) is 46.5 Å². The summed E-state index contributed by atoms with van der Waals surface area (Å²) in [7, 11) is 1.52. The molecule has 0 bridgehead atoms. The average Bonchev–Trinajstić information content (AvgIpc) is 2.09. The van der Waals surface area contributed by atoms with Crippen LogP contribution in [0.2, 0.25) is 0 Å². The van der Waals surface area contributed by atoms with Crippen molar-refractivity contribution in [3.8, 4) is 11.5 Å². The summed E-state index contributed by atoms with van der Waals surface area (Å²) in [5, 5.41) is 9.31. The molecular weight excluding hydrogens is 156 g/mol. The van der Waals surface area contributed by atoms with Crippen LogP contribution in [0, 0.1) is 0 Å². The molecule has 1 N–H and O–H groups in total. The molecule has 0 atom stereocenters. The van der Waals surface area contributed by atoms with Gasteiger partial charge in [0.15, 0.2) is 0 Å². The maximum atomic E-state index is 10.1. The Hall–Kier alpha value is -1.51. The first-order valence-corrected chi connectivity index (χ1v) is 3.57. The monoisotopic (exact) mass is 166 g/mol. The molecule has 0 saturated heterocycles. The summed E-state index contributed by atoms with van der Waals surface area (Å²) in [5.74, 6) is 0.684. The summed E-state index contributed by atoms with van der Waals surface area (Å²) in [6.07, 6.45) is 0.983. The Bertz CT molecular complexity index is 281. The molecule has 1 aromatic rings. The molecule has 0 radical (unpaired) electrons. The first kappa shape index (κ1) is 8.59. The zero-order valence-electron chi connectivity index (χ0n) is 6.78. The fourth-order valence-electron chi connectivity index (χ4n) is 0.933. The molecule has 3 heteroatoms. The maximum absolute atomic E-state index is 10.1. The van der Waals surface area contributed by atoms with Crippen LogP contribution in [0.15, 0.2) is 18.2 Å². The Morgan fingerprint density at radius 1 is 1.58 bits per heavy atom. The highest BCUT2D eigenvalue weighted by Gasteiger charge is 2.01. The van der Waals surface area contributed by atoms with Gasteiger partial charge in [-0.05, 0) is 6.07 Å². The number of aldehydes is 1. The normalized spacial score (nSPS) is 9.42.